The zero-order valence-corrected chi connectivity index (χ0v) is 18.8. The number of morpholine rings is 1. The first kappa shape index (κ1) is 22.7. The average Bonchev–Trinajstić information content (AvgIpc) is 3.14. The first-order chi connectivity index (χ1) is 15.3. The van der Waals surface area contributed by atoms with Crippen molar-refractivity contribution in [2.45, 2.75) is 25.0 Å². The number of carbonyl (C=O) groups is 1. The summed E-state index contributed by atoms with van der Waals surface area (Å²) in [6.45, 7) is 3.52. The smallest absolute Gasteiger partial charge is 0.341 e. The number of aromatic nitrogens is 2. The molecule has 0 radical (unpaired) electrons. The van der Waals surface area contributed by atoms with Crippen LogP contribution in [0, 0.1) is 5.82 Å². The summed E-state index contributed by atoms with van der Waals surface area (Å²) in [7, 11) is -3.67. The number of ether oxygens (including phenoxy) is 2. The lowest BCUT2D eigenvalue weighted by Gasteiger charge is -2.26. The molecule has 32 heavy (non-hydrogen) atoms. The molecule has 0 atom stereocenters. The molecule has 3 aromatic rings. The Labute approximate surface area is 189 Å². The number of benzene rings is 2. The van der Waals surface area contributed by atoms with Crippen LogP contribution in [-0.2, 0) is 32.6 Å². The van der Waals surface area contributed by atoms with Crippen molar-refractivity contribution in [2.75, 3.05) is 26.3 Å². The van der Waals surface area contributed by atoms with Gasteiger partial charge in [0.25, 0.3) is 0 Å². The van der Waals surface area contributed by atoms with Crippen molar-refractivity contribution in [1.82, 2.24) is 13.9 Å². The Morgan fingerprint density at radius 2 is 1.97 bits per heavy atom. The maximum atomic E-state index is 14.0. The van der Waals surface area contributed by atoms with Crippen molar-refractivity contribution in [3.8, 4) is 0 Å². The summed E-state index contributed by atoms with van der Waals surface area (Å²) in [5, 5.41) is 0.176. The molecule has 0 saturated carbocycles. The van der Waals surface area contributed by atoms with Gasteiger partial charge in [-0.15, -0.1) is 0 Å². The van der Waals surface area contributed by atoms with E-state index in [1.54, 1.807) is 12.1 Å². The number of halogens is 2. The van der Waals surface area contributed by atoms with Crippen LogP contribution in [0.1, 0.15) is 23.1 Å². The van der Waals surface area contributed by atoms with Crippen LogP contribution >= 0.6 is 11.6 Å². The number of fused-ring (bicyclic) bond motifs is 1. The van der Waals surface area contributed by atoms with E-state index in [1.165, 1.54) is 22.5 Å². The van der Waals surface area contributed by atoms with Gasteiger partial charge in [-0.3, -0.25) is 0 Å². The molecular weight excluding hydrogens is 461 g/mol. The number of sulfonamides is 1. The highest BCUT2D eigenvalue weighted by molar-refractivity contribution is 7.89. The molecular formula is C21H21ClFN3O5S. The number of hydrogen-bond acceptors (Lipinski definition) is 6. The molecule has 1 aliphatic rings. The number of aryl methyl sites for hydroxylation is 1. The predicted octanol–water partition coefficient (Wildman–Crippen LogP) is 3.23. The number of imidazole rings is 1. The van der Waals surface area contributed by atoms with Gasteiger partial charge in [0, 0.05) is 24.7 Å². The van der Waals surface area contributed by atoms with Crippen molar-refractivity contribution in [2.24, 2.45) is 0 Å². The zero-order valence-electron chi connectivity index (χ0n) is 17.3. The van der Waals surface area contributed by atoms with Crippen LogP contribution in [0.5, 0.6) is 0 Å². The maximum absolute atomic E-state index is 14.0. The first-order valence-corrected chi connectivity index (χ1v) is 11.8. The van der Waals surface area contributed by atoms with E-state index < -0.39 is 21.8 Å². The molecule has 2 aromatic carbocycles. The summed E-state index contributed by atoms with van der Waals surface area (Å²) < 4.78 is 53.5. The van der Waals surface area contributed by atoms with Gasteiger partial charge in [-0.2, -0.15) is 4.31 Å². The highest BCUT2D eigenvalue weighted by atomic mass is 35.5. The zero-order chi connectivity index (χ0) is 22.9. The Bertz CT molecular complexity index is 1270. The lowest BCUT2D eigenvalue weighted by molar-refractivity contribution is 0.0453. The van der Waals surface area contributed by atoms with Crippen molar-refractivity contribution in [3.63, 3.8) is 0 Å². The fourth-order valence-corrected chi connectivity index (χ4v) is 5.17. The van der Waals surface area contributed by atoms with Crippen LogP contribution in [0.2, 0.25) is 5.02 Å². The summed E-state index contributed by atoms with van der Waals surface area (Å²) in [4.78, 5) is 16.9. The van der Waals surface area contributed by atoms with Crippen LogP contribution in [0.4, 0.5) is 4.39 Å². The second kappa shape index (κ2) is 9.14. The minimum atomic E-state index is -3.67. The van der Waals surface area contributed by atoms with Crippen molar-refractivity contribution in [3.05, 3.63) is 58.6 Å². The number of nitrogens with zero attached hydrogens (tertiary/aromatic N) is 3. The van der Waals surface area contributed by atoms with Gasteiger partial charge < -0.3 is 14.0 Å². The Hall–Kier alpha value is -2.53. The number of esters is 1. The van der Waals surface area contributed by atoms with Gasteiger partial charge in [0.1, 0.15) is 18.2 Å². The molecule has 170 valence electrons. The highest BCUT2D eigenvalue weighted by Gasteiger charge is 2.27. The minimum absolute atomic E-state index is 0.138. The van der Waals surface area contributed by atoms with E-state index in [2.05, 4.69) is 4.98 Å². The van der Waals surface area contributed by atoms with E-state index in [0.717, 1.165) is 6.07 Å². The first-order valence-electron chi connectivity index (χ1n) is 10.0. The Morgan fingerprint density at radius 3 is 2.66 bits per heavy atom. The molecule has 0 bridgehead atoms. The van der Waals surface area contributed by atoms with Crippen LogP contribution in [0.3, 0.4) is 0 Å². The van der Waals surface area contributed by atoms with E-state index >= 15 is 0 Å². The summed E-state index contributed by atoms with van der Waals surface area (Å²) >= 11 is 5.72. The predicted molar refractivity (Wildman–Crippen MR) is 116 cm³/mol. The lowest BCUT2D eigenvalue weighted by Crippen LogP contribution is -2.40. The normalized spacial score (nSPS) is 15.2. The highest BCUT2D eigenvalue weighted by Crippen LogP contribution is 2.24. The summed E-state index contributed by atoms with van der Waals surface area (Å²) in [6, 6.07) is 8.43. The third kappa shape index (κ3) is 4.36. The number of rotatable bonds is 6. The SMILES string of the molecule is CCn1c(COC(=O)c2ccc(Cl)cc2F)nc2cc(S(=O)(=O)N3CCOCC3)ccc21. The molecule has 0 amide bonds. The molecule has 4 rings (SSSR count). The minimum Gasteiger partial charge on any atom is -0.454 e. The van der Waals surface area contributed by atoms with E-state index in [1.807, 2.05) is 11.5 Å². The molecule has 1 aliphatic heterocycles. The van der Waals surface area contributed by atoms with Crippen LogP contribution in [0.25, 0.3) is 11.0 Å². The third-order valence-electron chi connectivity index (χ3n) is 5.21. The lowest BCUT2D eigenvalue weighted by atomic mass is 10.2. The average molecular weight is 482 g/mol. The molecule has 8 nitrogen and oxygen atoms in total. The summed E-state index contributed by atoms with van der Waals surface area (Å²) in [6.07, 6.45) is 0. The van der Waals surface area contributed by atoms with Crippen molar-refractivity contribution < 1.29 is 27.1 Å². The fraction of sp³-hybridized carbons (Fsp3) is 0.333. The van der Waals surface area contributed by atoms with E-state index in [0.29, 0.717) is 49.7 Å². The largest absolute Gasteiger partial charge is 0.454 e. The van der Waals surface area contributed by atoms with Crippen molar-refractivity contribution >= 4 is 38.6 Å². The molecule has 1 aromatic heterocycles. The Morgan fingerprint density at radius 1 is 1.22 bits per heavy atom. The fourth-order valence-electron chi connectivity index (χ4n) is 3.58. The topological polar surface area (TPSA) is 90.7 Å². The molecule has 0 spiro atoms. The molecule has 2 heterocycles. The number of carbonyl (C=O) groups excluding carboxylic acids is 1. The summed E-state index contributed by atoms with van der Waals surface area (Å²) in [5.74, 6) is -1.19. The molecule has 0 aliphatic carbocycles. The summed E-state index contributed by atoms with van der Waals surface area (Å²) in [5.41, 5.74) is 0.939. The second-order valence-electron chi connectivity index (χ2n) is 7.14. The van der Waals surface area contributed by atoms with Gasteiger partial charge in [0.15, 0.2) is 0 Å². The third-order valence-corrected chi connectivity index (χ3v) is 7.34. The van der Waals surface area contributed by atoms with Gasteiger partial charge >= 0.3 is 5.97 Å². The number of hydrogen-bond donors (Lipinski definition) is 0. The second-order valence-corrected chi connectivity index (χ2v) is 9.51. The van der Waals surface area contributed by atoms with Gasteiger partial charge in [-0.05, 0) is 43.3 Å². The van der Waals surface area contributed by atoms with Crippen LogP contribution < -0.4 is 0 Å². The monoisotopic (exact) mass is 481 g/mol. The van der Waals surface area contributed by atoms with E-state index in [4.69, 9.17) is 21.1 Å². The molecule has 0 unspecified atom stereocenters. The Balaban J connectivity index is 1.59. The molecule has 1 saturated heterocycles. The van der Waals surface area contributed by atoms with Crippen molar-refractivity contribution in [1.29, 1.82) is 0 Å². The van der Waals surface area contributed by atoms with Gasteiger partial charge in [-0.25, -0.2) is 22.6 Å². The van der Waals surface area contributed by atoms with Crippen LogP contribution in [-0.4, -0.2) is 54.5 Å². The Kier molecular flexibility index (Phi) is 6.47. The van der Waals surface area contributed by atoms with Gasteiger partial charge in [0.2, 0.25) is 10.0 Å². The van der Waals surface area contributed by atoms with E-state index in [-0.39, 0.29) is 22.1 Å². The quantitative estimate of drug-likeness (QED) is 0.502. The van der Waals surface area contributed by atoms with E-state index in [9.17, 15) is 17.6 Å². The molecule has 11 heteroatoms. The van der Waals surface area contributed by atoms with Crippen LogP contribution in [0.15, 0.2) is 41.3 Å². The standard InChI is InChI=1S/C21H21ClFN3O5S/c1-2-26-19-6-4-15(32(28,29)25-7-9-30-10-8-25)12-18(19)24-20(26)13-31-21(27)16-5-3-14(22)11-17(16)23/h3-6,11-12H,2,7-10,13H2,1H3. The molecule has 1 fully saturated rings. The molecule has 0 N–H and O–H groups in total. The van der Waals surface area contributed by atoms with Gasteiger partial charge in [-0.1, -0.05) is 11.6 Å². The maximum Gasteiger partial charge on any atom is 0.341 e. The van der Waals surface area contributed by atoms with Gasteiger partial charge in [0.05, 0.1) is 34.7 Å².